The number of carbonyl (C=O) groups is 4. The van der Waals surface area contributed by atoms with Gasteiger partial charge in [-0.25, -0.2) is 0 Å². The minimum Gasteiger partial charge on any atom is -0.496 e. The number of anilines is 1. The number of esters is 1. The number of amides is 1. The van der Waals surface area contributed by atoms with Gasteiger partial charge in [0.15, 0.2) is 5.78 Å². The monoisotopic (exact) mass is 385 g/mol. The molecule has 0 radical (unpaired) electrons. The van der Waals surface area contributed by atoms with E-state index in [1.807, 2.05) is 0 Å². The van der Waals surface area contributed by atoms with Gasteiger partial charge < -0.3 is 14.2 Å². The first-order chi connectivity index (χ1) is 12.3. The van der Waals surface area contributed by atoms with Crippen molar-refractivity contribution in [2.45, 2.75) is 20.3 Å². The lowest BCUT2D eigenvalue weighted by molar-refractivity contribution is -0.143. The minimum atomic E-state index is -1.27. The Hall–Kier alpha value is -2.61. The molecule has 1 rings (SSSR count). The van der Waals surface area contributed by atoms with Crippen LogP contribution >= 0.6 is 11.6 Å². The highest BCUT2D eigenvalue weighted by Gasteiger charge is 2.30. The highest BCUT2D eigenvalue weighted by Crippen LogP contribution is 2.39. The Bertz CT molecular complexity index is 717. The molecule has 26 heavy (non-hydrogen) atoms. The summed E-state index contributed by atoms with van der Waals surface area (Å²) in [7, 11) is 2.70. The maximum Gasteiger partial charge on any atom is 0.311 e. The van der Waals surface area contributed by atoms with Gasteiger partial charge >= 0.3 is 17.1 Å². The number of carbonyl (C=O) groups excluding carboxylic acids is 4. The van der Waals surface area contributed by atoms with Gasteiger partial charge in [-0.3, -0.25) is 24.1 Å². The summed E-state index contributed by atoms with van der Waals surface area (Å²) in [4.78, 5) is 48.6. The van der Waals surface area contributed by atoms with Gasteiger partial charge in [-0.1, -0.05) is 0 Å². The lowest BCUT2D eigenvalue weighted by Gasteiger charge is -2.26. The molecule has 1 amide bonds. The summed E-state index contributed by atoms with van der Waals surface area (Å²) in [6.07, 6.45) is -0.207. The van der Waals surface area contributed by atoms with Crippen LogP contribution in [0.15, 0.2) is 12.1 Å². The van der Waals surface area contributed by atoms with Gasteiger partial charge in [0.1, 0.15) is 17.2 Å². The van der Waals surface area contributed by atoms with E-state index in [1.165, 1.54) is 33.3 Å². The molecule has 0 aliphatic rings. The van der Waals surface area contributed by atoms with E-state index in [0.717, 1.165) is 4.90 Å². The normalized spacial score (nSPS) is 10.0. The van der Waals surface area contributed by atoms with Crippen LogP contribution in [0.4, 0.5) is 5.69 Å². The minimum absolute atomic E-state index is 0.00245. The van der Waals surface area contributed by atoms with Crippen molar-refractivity contribution < 1.29 is 33.4 Å². The number of nitrogens with zero attached hydrogens (tertiary/aromatic N) is 1. The molecule has 142 valence electrons. The van der Waals surface area contributed by atoms with Crippen molar-refractivity contribution in [2.75, 3.05) is 32.3 Å². The van der Waals surface area contributed by atoms with Crippen molar-refractivity contribution in [1.82, 2.24) is 0 Å². The zero-order chi connectivity index (χ0) is 19.9. The van der Waals surface area contributed by atoms with Gasteiger partial charge in [-0.05, 0) is 37.6 Å². The summed E-state index contributed by atoms with van der Waals surface area (Å²) in [6.45, 7) is 2.85. The predicted molar refractivity (Wildman–Crippen MR) is 94.0 cm³/mol. The first-order valence-corrected chi connectivity index (χ1v) is 8.09. The second-order valence-electron chi connectivity index (χ2n) is 5.04. The van der Waals surface area contributed by atoms with E-state index in [2.05, 4.69) is 0 Å². The molecule has 0 atom stereocenters. The van der Waals surface area contributed by atoms with E-state index in [1.54, 1.807) is 6.92 Å². The molecule has 0 N–H and O–H groups in total. The van der Waals surface area contributed by atoms with Crippen LogP contribution in [0, 0.1) is 0 Å². The number of rotatable bonds is 9. The van der Waals surface area contributed by atoms with Crippen molar-refractivity contribution in [2.24, 2.45) is 0 Å². The fraction of sp³-hybridized carbons (Fsp3) is 0.412. The molecule has 8 nitrogen and oxygen atoms in total. The Morgan fingerprint density at radius 1 is 1.08 bits per heavy atom. The van der Waals surface area contributed by atoms with Crippen LogP contribution in [0.5, 0.6) is 11.5 Å². The number of ketones is 1. The van der Waals surface area contributed by atoms with Gasteiger partial charge in [-0.15, -0.1) is 0 Å². The summed E-state index contributed by atoms with van der Waals surface area (Å²) < 4.78 is 15.2. The quantitative estimate of drug-likeness (QED) is 0.277. The average Bonchev–Trinajstić information content (AvgIpc) is 2.60. The summed E-state index contributed by atoms with van der Waals surface area (Å²) in [5, 5.41) is -1.27. The Labute approximate surface area is 155 Å². The molecule has 0 spiro atoms. The lowest BCUT2D eigenvalue weighted by atomic mass is 10.1. The Morgan fingerprint density at radius 3 is 2.12 bits per heavy atom. The molecule has 0 unspecified atom stereocenters. The standard InChI is InChI=1S/C17H20ClNO7/c1-5-26-13(21)8-9-19(17(23)16(18)22)15-12(25-4)7-6-11(24-3)14(15)10(2)20/h6-7H,5,8-9H2,1-4H3. The number of Topliss-reactive ketones (excluding diaryl/α,β-unsaturated/α-hetero) is 1. The molecule has 0 aliphatic heterocycles. The van der Waals surface area contributed by atoms with E-state index < -0.39 is 22.9 Å². The molecule has 0 aliphatic carbocycles. The second kappa shape index (κ2) is 9.76. The van der Waals surface area contributed by atoms with Gasteiger partial charge in [0, 0.05) is 6.54 Å². The first kappa shape index (κ1) is 21.4. The van der Waals surface area contributed by atoms with E-state index >= 15 is 0 Å². The van der Waals surface area contributed by atoms with Crippen molar-refractivity contribution >= 4 is 40.2 Å². The molecule has 1 aromatic carbocycles. The highest BCUT2D eigenvalue weighted by molar-refractivity contribution is 6.82. The van der Waals surface area contributed by atoms with Gasteiger partial charge in [0.05, 0.1) is 32.8 Å². The molecule has 0 heterocycles. The van der Waals surface area contributed by atoms with Crippen molar-refractivity contribution in [3.05, 3.63) is 17.7 Å². The van der Waals surface area contributed by atoms with Crippen molar-refractivity contribution in [3.63, 3.8) is 0 Å². The van der Waals surface area contributed by atoms with Gasteiger partial charge in [-0.2, -0.15) is 0 Å². The molecular weight excluding hydrogens is 366 g/mol. The molecule has 0 aromatic heterocycles. The zero-order valence-corrected chi connectivity index (χ0v) is 15.7. The Kier molecular flexibility index (Phi) is 8.05. The number of ether oxygens (including phenoxy) is 3. The van der Waals surface area contributed by atoms with Crippen LogP contribution in [0.25, 0.3) is 0 Å². The Balaban J connectivity index is 3.52. The summed E-state index contributed by atoms with van der Waals surface area (Å²) in [5.74, 6) is -1.77. The molecule has 1 aromatic rings. The number of hydrogen-bond acceptors (Lipinski definition) is 7. The van der Waals surface area contributed by atoms with Crippen LogP contribution in [0.2, 0.25) is 0 Å². The zero-order valence-electron chi connectivity index (χ0n) is 15.0. The smallest absolute Gasteiger partial charge is 0.311 e. The molecule has 9 heteroatoms. The largest absolute Gasteiger partial charge is 0.496 e. The maximum atomic E-state index is 12.3. The first-order valence-electron chi connectivity index (χ1n) is 7.71. The van der Waals surface area contributed by atoms with Crippen molar-refractivity contribution in [3.8, 4) is 11.5 Å². The van der Waals surface area contributed by atoms with Crippen LogP contribution in [-0.2, 0) is 19.1 Å². The molecule has 0 saturated heterocycles. The fourth-order valence-corrected chi connectivity index (χ4v) is 2.46. The van der Waals surface area contributed by atoms with Gasteiger partial charge in [0.2, 0.25) is 0 Å². The second-order valence-corrected chi connectivity index (χ2v) is 5.38. The van der Waals surface area contributed by atoms with Crippen LogP contribution in [0.3, 0.4) is 0 Å². The third-order valence-corrected chi connectivity index (χ3v) is 3.58. The number of methoxy groups -OCH3 is 2. The number of halogens is 1. The highest BCUT2D eigenvalue weighted by atomic mass is 35.5. The van der Waals surface area contributed by atoms with Crippen LogP contribution in [0.1, 0.15) is 30.6 Å². The van der Waals surface area contributed by atoms with Crippen LogP contribution < -0.4 is 14.4 Å². The fourth-order valence-electron chi connectivity index (χ4n) is 2.35. The lowest BCUT2D eigenvalue weighted by Crippen LogP contribution is -2.38. The SMILES string of the molecule is CCOC(=O)CCN(C(=O)C(=O)Cl)c1c(OC)ccc(OC)c1C(C)=O. The summed E-state index contributed by atoms with van der Waals surface area (Å²) in [6, 6.07) is 2.97. The summed E-state index contributed by atoms with van der Waals surface area (Å²) in [5.41, 5.74) is 0.0321. The van der Waals surface area contributed by atoms with Crippen molar-refractivity contribution in [1.29, 1.82) is 0 Å². The summed E-state index contributed by atoms with van der Waals surface area (Å²) >= 11 is 5.35. The van der Waals surface area contributed by atoms with E-state index in [-0.39, 0.29) is 42.3 Å². The topological polar surface area (TPSA) is 99.2 Å². The van der Waals surface area contributed by atoms with Gasteiger partial charge in [0.25, 0.3) is 0 Å². The third-order valence-electron chi connectivity index (χ3n) is 3.42. The maximum absolute atomic E-state index is 12.3. The number of hydrogen-bond donors (Lipinski definition) is 0. The third kappa shape index (κ3) is 4.95. The van der Waals surface area contributed by atoms with E-state index in [0.29, 0.717) is 0 Å². The van der Waals surface area contributed by atoms with Crippen LogP contribution in [-0.4, -0.2) is 50.3 Å². The number of benzene rings is 1. The van der Waals surface area contributed by atoms with E-state index in [9.17, 15) is 19.2 Å². The molecule has 0 saturated carbocycles. The molecule has 0 fully saturated rings. The predicted octanol–water partition coefficient (Wildman–Crippen LogP) is 1.96. The Morgan fingerprint density at radius 2 is 1.65 bits per heavy atom. The molecule has 0 bridgehead atoms. The molecular formula is C17H20ClNO7. The average molecular weight is 386 g/mol. The van der Waals surface area contributed by atoms with E-state index in [4.69, 9.17) is 25.8 Å².